The third-order valence-electron chi connectivity index (χ3n) is 5.22. The van der Waals surface area contributed by atoms with Crippen molar-refractivity contribution in [1.82, 2.24) is 10.2 Å². The summed E-state index contributed by atoms with van der Waals surface area (Å²) in [6.07, 6.45) is 1.90. The molecule has 2 nitrogen and oxygen atoms in total. The van der Waals surface area contributed by atoms with Crippen molar-refractivity contribution in [3.05, 3.63) is 35.4 Å². The van der Waals surface area contributed by atoms with Crippen LogP contribution in [0.15, 0.2) is 24.3 Å². The highest BCUT2D eigenvalue weighted by atomic mass is 19.4. The number of rotatable bonds is 3. The molecule has 1 aromatic rings. The third-order valence-corrected chi connectivity index (χ3v) is 5.22. The Balaban J connectivity index is 1.84. The summed E-state index contributed by atoms with van der Waals surface area (Å²) in [5, 5.41) is 3.36. The van der Waals surface area contributed by atoms with Gasteiger partial charge in [0.2, 0.25) is 0 Å². The Morgan fingerprint density at radius 1 is 0.957 bits per heavy atom. The van der Waals surface area contributed by atoms with Crippen LogP contribution in [0.25, 0.3) is 0 Å². The first-order chi connectivity index (χ1) is 11.1. The van der Waals surface area contributed by atoms with Gasteiger partial charge in [0, 0.05) is 32.2 Å². The van der Waals surface area contributed by atoms with Gasteiger partial charge in [-0.2, -0.15) is 13.2 Å². The summed E-state index contributed by atoms with van der Waals surface area (Å²) in [5.41, 5.74) is 0.496. The lowest BCUT2D eigenvalue weighted by Crippen LogP contribution is -2.47. The van der Waals surface area contributed by atoms with E-state index in [1.807, 2.05) is 0 Å². The number of hydrogen-bond acceptors (Lipinski definition) is 2. The van der Waals surface area contributed by atoms with Crippen LogP contribution in [0.4, 0.5) is 13.2 Å². The molecule has 1 aliphatic carbocycles. The van der Waals surface area contributed by atoms with Crippen LogP contribution in [-0.2, 0) is 6.18 Å². The highest BCUT2D eigenvalue weighted by molar-refractivity contribution is 5.27. The van der Waals surface area contributed by atoms with Gasteiger partial charge in [-0.15, -0.1) is 0 Å². The highest BCUT2D eigenvalue weighted by Crippen LogP contribution is 2.39. The van der Waals surface area contributed by atoms with E-state index in [0.717, 1.165) is 31.7 Å². The minimum absolute atomic E-state index is 0.264. The Morgan fingerprint density at radius 2 is 1.57 bits per heavy atom. The second kappa shape index (κ2) is 7.22. The maximum absolute atomic E-state index is 12.8. The van der Waals surface area contributed by atoms with Crippen molar-refractivity contribution in [3.63, 3.8) is 0 Å². The molecule has 0 radical (unpaired) electrons. The molecule has 3 rings (SSSR count). The summed E-state index contributed by atoms with van der Waals surface area (Å²) in [6, 6.07) is 6.15. The number of nitrogens with zero attached hydrogens (tertiary/aromatic N) is 1. The first-order valence-corrected chi connectivity index (χ1v) is 8.67. The standard InChI is InChI=1S/C18H25F3N2/c19-18(20,21)16-8-6-15(7-9-16)17(14-4-2-1-3-5-14)23-12-10-22-11-13-23/h6-9,14,17,22H,1-5,10-13H2/t17-/m1/s1. The van der Waals surface area contributed by atoms with E-state index in [2.05, 4.69) is 10.2 Å². The van der Waals surface area contributed by atoms with Crippen LogP contribution in [0.2, 0.25) is 0 Å². The fourth-order valence-electron chi connectivity index (χ4n) is 4.06. The van der Waals surface area contributed by atoms with Gasteiger partial charge in [-0.3, -0.25) is 4.90 Å². The maximum atomic E-state index is 12.8. The SMILES string of the molecule is FC(F)(F)c1ccc([C@@H](C2CCCCC2)N2CCNCC2)cc1. The molecule has 0 spiro atoms. The van der Waals surface area contributed by atoms with Crippen molar-refractivity contribution in [2.75, 3.05) is 26.2 Å². The summed E-state index contributed by atoms with van der Waals surface area (Å²) >= 11 is 0. The minimum Gasteiger partial charge on any atom is -0.314 e. The van der Waals surface area contributed by atoms with Crippen molar-refractivity contribution in [2.45, 2.75) is 44.3 Å². The van der Waals surface area contributed by atoms with E-state index in [-0.39, 0.29) is 6.04 Å². The second-order valence-electron chi connectivity index (χ2n) is 6.75. The minimum atomic E-state index is -4.26. The lowest BCUT2D eigenvalue weighted by Gasteiger charge is -2.41. The van der Waals surface area contributed by atoms with Gasteiger partial charge >= 0.3 is 6.18 Å². The number of alkyl halides is 3. The van der Waals surface area contributed by atoms with Gasteiger partial charge in [0.25, 0.3) is 0 Å². The Labute approximate surface area is 136 Å². The fraction of sp³-hybridized carbons (Fsp3) is 0.667. The Hall–Kier alpha value is -1.07. The third kappa shape index (κ3) is 4.07. The molecule has 0 bridgehead atoms. The number of hydrogen-bond donors (Lipinski definition) is 1. The molecule has 1 saturated heterocycles. The zero-order valence-corrected chi connectivity index (χ0v) is 13.4. The molecule has 5 heteroatoms. The van der Waals surface area contributed by atoms with Crippen molar-refractivity contribution < 1.29 is 13.2 Å². The molecule has 0 amide bonds. The molecule has 23 heavy (non-hydrogen) atoms. The molecule has 128 valence electrons. The van der Waals surface area contributed by atoms with Crippen LogP contribution in [0, 0.1) is 5.92 Å². The normalized spacial score (nSPS) is 22.9. The summed E-state index contributed by atoms with van der Waals surface area (Å²) < 4.78 is 38.4. The van der Waals surface area contributed by atoms with Crippen LogP contribution in [0.3, 0.4) is 0 Å². The molecule has 2 fully saturated rings. The highest BCUT2D eigenvalue weighted by Gasteiger charge is 2.33. The molecule has 1 aromatic carbocycles. The number of nitrogens with one attached hydrogen (secondary N) is 1. The monoisotopic (exact) mass is 326 g/mol. The largest absolute Gasteiger partial charge is 0.416 e. The lowest BCUT2D eigenvalue weighted by atomic mass is 9.80. The average molecular weight is 326 g/mol. The molecule has 1 atom stereocenters. The molecule has 0 aromatic heterocycles. The van der Waals surface area contributed by atoms with Crippen molar-refractivity contribution in [1.29, 1.82) is 0 Å². The van der Waals surface area contributed by atoms with Crippen LogP contribution in [0.5, 0.6) is 0 Å². The van der Waals surface area contributed by atoms with E-state index in [9.17, 15) is 13.2 Å². The van der Waals surface area contributed by atoms with Crippen LogP contribution in [-0.4, -0.2) is 31.1 Å². The summed E-state index contributed by atoms with van der Waals surface area (Å²) in [5.74, 6) is 0.568. The van der Waals surface area contributed by atoms with Crippen LogP contribution in [0.1, 0.15) is 49.3 Å². The van der Waals surface area contributed by atoms with Crippen LogP contribution < -0.4 is 5.32 Å². The van der Waals surface area contributed by atoms with Crippen LogP contribution >= 0.6 is 0 Å². The molecule has 1 aliphatic heterocycles. The van der Waals surface area contributed by atoms with Gasteiger partial charge in [0.15, 0.2) is 0 Å². The quantitative estimate of drug-likeness (QED) is 0.894. The number of halogens is 3. The summed E-state index contributed by atoms with van der Waals surface area (Å²) in [7, 11) is 0. The summed E-state index contributed by atoms with van der Waals surface area (Å²) in [6.45, 7) is 3.87. The first kappa shape index (κ1) is 16.8. The summed E-state index contributed by atoms with van der Waals surface area (Å²) in [4.78, 5) is 2.47. The van der Waals surface area contributed by atoms with Crippen molar-refractivity contribution in [2.24, 2.45) is 5.92 Å². The van der Waals surface area contributed by atoms with Crippen molar-refractivity contribution >= 4 is 0 Å². The first-order valence-electron chi connectivity index (χ1n) is 8.67. The Morgan fingerprint density at radius 3 is 2.13 bits per heavy atom. The number of piperazine rings is 1. The molecule has 0 unspecified atom stereocenters. The second-order valence-corrected chi connectivity index (χ2v) is 6.75. The van der Waals surface area contributed by atoms with Gasteiger partial charge in [-0.25, -0.2) is 0 Å². The van der Waals surface area contributed by atoms with Gasteiger partial charge in [-0.05, 0) is 36.5 Å². The van der Waals surface area contributed by atoms with Crippen molar-refractivity contribution in [3.8, 4) is 0 Å². The van der Waals surface area contributed by atoms with Gasteiger partial charge in [0.05, 0.1) is 5.56 Å². The molecular weight excluding hydrogens is 301 g/mol. The zero-order chi connectivity index (χ0) is 16.3. The van der Waals surface area contributed by atoms with Gasteiger partial charge in [0.1, 0.15) is 0 Å². The predicted octanol–water partition coefficient (Wildman–Crippen LogP) is 4.23. The van der Waals surface area contributed by atoms with E-state index in [4.69, 9.17) is 0 Å². The van der Waals surface area contributed by atoms with E-state index >= 15 is 0 Å². The van der Waals surface area contributed by atoms with E-state index in [0.29, 0.717) is 5.92 Å². The molecule has 1 saturated carbocycles. The smallest absolute Gasteiger partial charge is 0.314 e. The van der Waals surface area contributed by atoms with E-state index in [1.165, 1.54) is 44.2 Å². The topological polar surface area (TPSA) is 15.3 Å². The Bertz CT molecular complexity index is 468. The number of benzene rings is 1. The zero-order valence-electron chi connectivity index (χ0n) is 13.4. The lowest BCUT2D eigenvalue weighted by molar-refractivity contribution is -0.137. The van der Waals surface area contributed by atoms with Gasteiger partial charge in [-0.1, -0.05) is 31.4 Å². The molecule has 1 N–H and O–H groups in total. The fourth-order valence-corrected chi connectivity index (χ4v) is 4.06. The van der Waals surface area contributed by atoms with Gasteiger partial charge < -0.3 is 5.32 Å². The molecular formula is C18H25F3N2. The molecule has 1 heterocycles. The predicted molar refractivity (Wildman–Crippen MR) is 85.2 cm³/mol. The average Bonchev–Trinajstić information content (AvgIpc) is 2.57. The maximum Gasteiger partial charge on any atom is 0.416 e. The molecule has 2 aliphatic rings. The van der Waals surface area contributed by atoms with E-state index < -0.39 is 11.7 Å². The Kier molecular flexibility index (Phi) is 5.27. The van der Waals surface area contributed by atoms with E-state index in [1.54, 1.807) is 12.1 Å².